The molecule has 0 bridgehead atoms. The van der Waals surface area contributed by atoms with E-state index in [1.54, 1.807) is 51.0 Å². The van der Waals surface area contributed by atoms with Crippen LogP contribution in [0.5, 0.6) is 5.75 Å². The lowest BCUT2D eigenvalue weighted by Gasteiger charge is -2.32. The first kappa shape index (κ1) is 28.1. The number of aromatic nitrogens is 3. The summed E-state index contributed by atoms with van der Waals surface area (Å²) < 4.78 is 27.1. The first-order valence-electron chi connectivity index (χ1n) is 13.7. The number of amides is 2. The van der Waals surface area contributed by atoms with Gasteiger partial charge in [-0.2, -0.15) is 0 Å². The van der Waals surface area contributed by atoms with Gasteiger partial charge in [0.05, 0.1) is 12.6 Å². The van der Waals surface area contributed by atoms with E-state index in [9.17, 15) is 14.0 Å². The van der Waals surface area contributed by atoms with Crippen molar-refractivity contribution in [2.24, 2.45) is 0 Å². The molecule has 2 aromatic carbocycles. The number of carbonyl (C=O) groups excluding carboxylic acids is 2. The van der Waals surface area contributed by atoms with Gasteiger partial charge in [-0.15, -0.1) is 0 Å². The van der Waals surface area contributed by atoms with Crippen LogP contribution in [0.4, 0.5) is 9.18 Å². The molecule has 0 spiro atoms. The van der Waals surface area contributed by atoms with Gasteiger partial charge in [-0.1, -0.05) is 30.3 Å². The Kier molecular flexibility index (Phi) is 8.19. The molecule has 2 atom stereocenters. The van der Waals surface area contributed by atoms with E-state index in [0.717, 1.165) is 5.56 Å². The van der Waals surface area contributed by atoms with Crippen molar-refractivity contribution in [2.45, 2.75) is 51.4 Å². The van der Waals surface area contributed by atoms with Crippen molar-refractivity contribution in [3.63, 3.8) is 0 Å². The minimum atomic E-state index is -0.679. The number of rotatable bonds is 8. The maximum absolute atomic E-state index is 13.9. The van der Waals surface area contributed by atoms with Gasteiger partial charge in [-0.05, 0) is 63.1 Å². The molecule has 9 nitrogen and oxygen atoms in total. The molecule has 0 saturated carbocycles. The average molecular weight is 560 g/mol. The summed E-state index contributed by atoms with van der Waals surface area (Å²) in [4.78, 5) is 39.2. The summed E-state index contributed by atoms with van der Waals surface area (Å²) in [6.07, 6.45) is 5.33. The summed E-state index contributed by atoms with van der Waals surface area (Å²) in [5.74, 6) is 0.530. The van der Waals surface area contributed by atoms with Gasteiger partial charge in [0.1, 0.15) is 29.0 Å². The van der Waals surface area contributed by atoms with Gasteiger partial charge in [-0.25, -0.2) is 19.2 Å². The van der Waals surface area contributed by atoms with Gasteiger partial charge >= 0.3 is 6.09 Å². The third-order valence-corrected chi connectivity index (χ3v) is 6.81. The molecule has 0 radical (unpaired) electrons. The van der Waals surface area contributed by atoms with Crippen LogP contribution in [-0.2, 0) is 11.2 Å². The summed E-state index contributed by atoms with van der Waals surface area (Å²) in [7, 11) is 0. The van der Waals surface area contributed by atoms with Gasteiger partial charge in [0, 0.05) is 38.1 Å². The van der Waals surface area contributed by atoms with Crippen molar-refractivity contribution in [3.05, 3.63) is 96.3 Å². The summed E-state index contributed by atoms with van der Waals surface area (Å²) in [5, 5.41) is 0. The van der Waals surface area contributed by atoms with Gasteiger partial charge in [0.15, 0.2) is 0 Å². The highest BCUT2D eigenvalue weighted by Gasteiger charge is 2.40. The van der Waals surface area contributed by atoms with Gasteiger partial charge < -0.3 is 14.4 Å². The molecule has 0 N–H and O–H groups in total. The lowest BCUT2D eigenvalue weighted by molar-refractivity contribution is 0.0180. The second-order valence-corrected chi connectivity index (χ2v) is 11.2. The summed E-state index contributed by atoms with van der Waals surface area (Å²) >= 11 is 0. The number of fused-ring (bicyclic) bond motifs is 1. The molecule has 2 aromatic heterocycles. The number of nitrogens with zero attached hydrogens (tertiary/aromatic N) is 5. The first-order chi connectivity index (χ1) is 19.6. The van der Waals surface area contributed by atoms with E-state index in [0.29, 0.717) is 37.5 Å². The Labute approximate surface area is 238 Å². The van der Waals surface area contributed by atoms with E-state index in [2.05, 4.69) is 9.97 Å². The van der Waals surface area contributed by atoms with Crippen LogP contribution in [-0.4, -0.2) is 73.6 Å². The van der Waals surface area contributed by atoms with Crippen LogP contribution < -0.4 is 4.74 Å². The minimum Gasteiger partial charge on any atom is -0.489 e. The maximum Gasteiger partial charge on any atom is 0.410 e. The van der Waals surface area contributed by atoms with Crippen LogP contribution in [0.3, 0.4) is 0 Å². The Balaban J connectivity index is 1.40. The van der Waals surface area contributed by atoms with Gasteiger partial charge in [-0.3, -0.25) is 14.1 Å². The van der Waals surface area contributed by atoms with Crippen LogP contribution in [0, 0.1) is 5.82 Å². The van der Waals surface area contributed by atoms with E-state index in [1.165, 1.54) is 12.1 Å². The predicted molar refractivity (Wildman–Crippen MR) is 151 cm³/mol. The fourth-order valence-electron chi connectivity index (χ4n) is 4.91. The summed E-state index contributed by atoms with van der Waals surface area (Å²) in [6, 6.07) is 17.1. The fourth-order valence-corrected chi connectivity index (χ4v) is 4.91. The van der Waals surface area contributed by atoms with Crippen LogP contribution >= 0.6 is 0 Å². The Bertz CT molecular complexity index is 1450. The Morgan fingerprint density at radius 2 is 1.83 bits per heavy atom. The number of likely N-dealkylation sites (tertiary alicyclic amines) is 1. The lowest BCUT2D eigenvalue weighted by Crippen LogP contribution is -2.47. The molecule has 0 unspecified atom stereocenters. The Morgan fingerprint density at radius 3 is 2.54 bits per heavy atom. The zero-order valence-corrected chi connectivity index (χ0v) is 23.4. The lowest BCUT2D eigenvalue weighted by atomic mass is 10.1. The largest absolute Gasteiger partial charge is 0.489 e. The molecule has 1 aliphatic heterocycles. The number of hydrogen-bond donors (Lipinski definition) is 0. The number of imidazole rings is 1. The third kappa shape index (κ3) is 7.19. The smallest absolute Gasteiger partial charge is 0.410 e. The molecular weight excluding hydrogens is 525 g/mol. The van der Waals surface area contributed by atoms with Crippen LogP contribution in [0.15, 0.2) is 79.3 Å². The van der Waals surface area contributed by atoms with E-state index in [-0.39, 0.29) is 36.1 Å². The van der Waals surface area contributed by atoms with E-state index >= 15 is 0 Å². The summed E-state index contributed by atoms with van der Waals surface area (Å²) in [5.41, 5.74) is 0.463. The monoisotopic (exact) mass is 559 g/mol. The third-order valence-electron chi connectivity index (χ3n) is 6.81. The van der Waals surface area contributed by atoms with E-state index < -0.39 is 11.7 Å². The fraction of sp³-hybridized carbons (Fsp3) is 0.355. The maximum atomic E-state index is 13.9. The van der Waals surface area contributed by atoms with Gasteiger partial charge in [0.25, 0.3) is 5.91 Å². The molecule has 214 valence electrons. The molecule has 1 fully saturated rings. The van der Waals surface area contributed by atoms with Crippen molar-refractivity contribution < 1.29 is 23.5 Å². The Morgan fingerprint density at radius 1 is 1.07 bits per heavy atom. The molecule has 5 rings (SSSR count). The zero-order valence-electron chi connectivity index (χ0n) is 23.4. The topological polar surface area (TPSA) is 89.3 Å². The zero-order chi connectivity index (χ0) is 29.0. The number of ether oxygens (including phenoxy) is 2. The highest BCUT2D eigenvalue weighted by atomic mass is 19.1. The van der Waals surface area contributed by atoms with Crippen LogP contribution in [0.25, 0.3) is 5.78 Å². The molecule has 4 aromatic rings. The normalized spacial score (nSPS) is 17.0. The molecule has 1 saturated heterocycles. The molecule has 41 heavy (non-hydrogen) atoms. The second-order valence-electron chi connectivity index (χ2n) is 11.2. The number of para-hydroxylation sites is 1. The quantitative estimate of drug-likeness (QED) is 0.302. The second kappa shape index (κ2) is 12.0. The molecule has 10 heteroatoms. The SMILES string of the molecule is CC(C)(C)OC(=O)N1C[C@@H](Oc2ccccc2)C[C@H]1CN(CCc1ccc(F)cc1)C(=O)c1cn2cccnc2n1. The van der Waals surface area contributed by atoms with Crippen LogP contribution in [0.1, 0.15) is 43.2 Å². The molecule has 2 amide bonds. The van der Waals surface area contributed by atoms with Crippen molar-refractivity contribution in [2.75, 3.05) is 19.6 Å². The number of carbonyl (C=O) groups is 2. The molecule has 3 heterocycles. The first-order valence-corrected chi connectivity index (χ1v) is 13.7. The van der Waals surface area contributed by atoms with Crippen molar-refractivity contribution in [1.82, 2.24) is 24.2 Å². The number of hydrogen-bond acceptors (Lipinski definition) is 6. The predicted octanol–water partition coefficient (Wildman–Crippen LogP) is 5.01. The average Bonchev–Trinajstić information content (AvgIpc) is 3.55. The van der Waals surface area contributed by atoms with Crippen molar-refractivity contribution in [3.8, 4) is 5.75 Å². The summed E-state index contributed by atoms with van der Waals surface area (Å²) in [6.45, 7) is 6.38. The minimum absolute atomic E-state index is 0.245. The highest BCUT2D eigenvalue weighted by Crippen LogP contribution is 2.26. The molecule has 1 aliphatic rings. The number of benzene rings is 2. The van der Waals surface area contributed by atoms with Crippen LogP contribution in [0.2, 0.25) is 0 Å². The van der Waals surface area contributed by atoms with E-state index in [4.69, 9.17) is 9.47 Å². The van der Waals surface area contributed by atoms with Gasteiger partial charge in [0.2, 0.25) is 5.78 Å². The molecule has 0 aliphatic carbocycles. The standard InChI is InChI=1S/C31H34FN5O4/c1-31(2,3)41-30(39)37-20-26(40-25-8-5-4-6-9-25)18-24(37)19-35(17-14-22-10-12-23(32)13-11-22)28(38)27-21-36-16-7-15-33-29(36)34-27/h4-13,15-16,21,24,26H,14,17-20H2,1-3H3/t24-,26-/m0/s1. The van der Waals surface area contributed by atoms with Crippen molar-refractivity contribution >= 4 is 17.8 Å². The van der Waals surface area contributed by atoms with E-state index in [1.807, 2.05) is 51.1 Å². The van der Waals surface area contributed by atoms with Crippen molar-refractivity contribution in [1.29, 1.82) is 0 Å². The Hall–Kier alpha value is -4.47. The molecular formula is C31H34FN5O4. The number of halogens is 1. The highest BCUT2D eigenvalue weighted by molar-refractivity contribution is 5.92.